The van der Waals surface area contributed by atoms with Gasteiger partial charge in [-0.3, -0.25) is 5.32 Å². The minimum atomic E-state index is -0.0559. The SMILES string of the molecule is C[C@H](C1CC1)N(Cc1ccccc1)C(=O)Nc1nc2ccsc2s1. The number of thiazole rings is 1. The number of anilines is 1. The van der Waals surface area contributed by atoms with Gasteiger partial charge in [0.25, 0.3) is 0 Å². The monoisotopic (exact) mass is 357 g/mol. The molecular weight excluding hydrogens is 338 g/mol. The van der Waals surface area contributed by atoms with E-state index in [1.807, 2.05) is 34.5 Å². The highest BCUT2D eigenvalue weighted by Gasteiger charge is 2.34. The third-order valence-electron chi connectivity index (χ3n) is 4.49. The van der Waals surface area contributed by atoms with Gasteiger partial charge < -0.3 is 4.90 Å². The largest absolute Gasteiger partial charge is 0.324 e. The summed E-state index contributed by atoms with van der Waals surface area (Å²) in [5.41, 5.74) is 2.12. The van der Waals surface area contributed by atoms with E-state index in [-0.39, 0.29) is 12.1 Å². The summed E-state index contributed by atoms with van der Waals surface area (Å²) in [6.07, 6.45) is 2.43. The van der Waals surface area contributed by atoms with Gasteiger partial charge in [0.15, 0.2) is 5.13 Å². The van der Waals surface area contributed by atoms with Crippen molar-refractivity contribution >= 4 is 43.4 Å². The fraction of sp³-hybridized carbons (Fsp3) is 0.333. The zero-order valence-electron chi connectivity index (χ0n) is 13.4. The van der Waals surface area contributed by atoms with Crippen molar-refractivity contribution in [3.8, 4) is 0 Å². The summed E-state index contributed by atoms with van der Waals surface area (Å²) >= 11 is 3.20. The second-order valence-electron chi connectivity index (χ2n) is 6.23. The van der Waals surface area contributed by atoms with Crippen LogP contribution < -0.4 is 5.32 Å². The van der Waals surface area contributed by atoms with E-state index in [9.17, 15) is 4.79 Å². The standard InChI is InChI=1S/C18H19N3OS2/c1-12(14-7-8-14)21(11-13-5-3-2-4-6-13)18(22)20-17-19-15-9-10-23-16(15)24-17/h2-6,9-10,12,14H,7-8,11H2,1H3,(H,19,20,22)/t12-/m1/s1. The highest BCUT2D eigenvalue weighted by atomic mass is 32.2. The van der Waals surface area contributed by atoms with Crippen LogP contribution in [0, 0.1) is 5.92 Å². The molecule has 6 heteroatoms. The third kappa shape index (κ3) is 3.30. The highest BCUT2D eigenvalue weighted by molar-refractivity contribution is 7.39. The molecule has 0 radical (unpaired) electrons. The number of carbonyl (C=O) groups excluding carboxylic acids is 1. The van der Waals surface area contributed by atoms with Gasteiger partial charge in [0.1, 0.15) is 4.01 Å². The van der Waals surface area contributed by atoms with Crippen molar-refractivity contribution in [3.05, 3.63) is 47.3 Å². The predicted molar refractivity (Wildman–Crippen MR) is 101 cm³/mol. The maximum Gasteiger partial charge on any atom is 0.324 e. The van der Waals surface area contributed by atoms with Crippen LogP contribution in [0.2, 0.25) is 0 Å². The molecule has 3 aromatic rings. The molecule has 1 aromatic carbocycles. The zero-order valence-corrected chi connectivity index (χ0v) is 15.1. The molecule has 0 bridgehead atoms. The first-order valence-corrected chi connectivity index (χ1v) is 9.86. The van der Waals surface area contributed by atoms with Gasteiger partial charge in [-0.25, -0.2) is 9.78 Å². The molecule has 1 aliphatic carbocycles. The number of aromatic nitrogens is 1. The molecule has 1 aliphatic rings. The Morgan fingerprint density at radius 1 is 1.33 bits per heavy atom. The first-order valence-electron chi connectivity index (χ1n) is 8.16. The molecule has 1 saturated carbocycles. The maximum atomic E-state index is 12.9. The minimum absolute atomic E-state index is 0.0559. The number of nitrogens with zero attached hydrogens (tertiary/aromatic N) is 2. The number of fused-ring (bicyclic) bond motifs is 1. The van der Waals surface area contributed by atoms with Crippen molar-refractivity contribution in [1.29, 1.82) is 0 Å². The van der Waals surface area contributed by atoms with E-state index < -0.39 is 0 Å². The average molecular weight is 358 g/mol. The average Bonchev–Trinajstić information content (AvgIpc) is 3.24. The van der Waals surface area contributed by atoms with E-state index in [4.69, 9.17) is 0 Å². The molecule has 2 amide bonds. The van der Waals surface area contributed by atoms with Crippen LogP contribution in [0.3, 0.4) is 0 Å². The molecule has 1 N–H and O–H groups in total. The van der Waals surface area contributed by atoms with E-state index in [0.29, 0.717) is 17.6 Å². The van der Waals surface area contributed by atoms with Crippen LogP contribution in [0.1, 0.15) is 25.3 Å². The number of amides is 2. The smallest absolute Gasteiger partial charge is 0.317 e. The molecule has 4 rings (SSSR count). The van der Waals surface area contributed by atoms with Crippen molar-refractivity contribution in [2.24, 2.45) is 5.92 Å². The summed E-state index contributed by atoms with van der Waals surface area (Å²) in [5.74, 6) is 0.624. The van der Waals surface area contributed by atoms with Crippen molar-refractivity contribution in [1.82, 2.24) is 9.88 Å². The number of thiophene rings is 1. The number of rotatable bonds is 5. The van der Waals surface area contributed by atoms with Crippen LogP contribution in [0.4, 0.5) is 9.93 Å². The third-order valence-corrected chi connectivity index (χ3v) is 6.50. The Balaban J connectivity index is 1.52. The van der Waals surface area contributed by atoms with Crippen molar-refractivity contribution in [2.75, 3.05) is 5.32 Å². The fourth-order valence-corrected chi connectivity index (χ4v) is 4.73. The van der Waals surface area contributed by atoms with Crippen molar-refractivity contribution in [2.45, 2.75) is 32.4 Å². The molecule has 4 nitrogen and oxygen atoms in total. The van der Waals surface area contributed by atoms with E-state index in [0.717, 1.165) is 15.1 Å². The molecule has 0 spiro atoms. The fourth-order valence-electron chi connectivity index (χ4n) is 2.90. The van der Waals surface area contributed by atoms with E-state index in [2.05, 4.69) is 29.4 Å². The summed E-state index contributed by atoms with van der Waals surface area (Å²) in [5, 5.41) is 5.71. The van der Waals surface area contributed by atoms with Gasteiger partial charge in [0.2, 0.25) is 0 Å². The lowest BCUT2D eigenvalue weighted by atomic mass is 10.1. The molecule has 2 aromatic heterocycles. The molecular formula is C18H19N3OS2. The van der Waals surface area contributed by atoms with Crippen LogP contribution in [0.15, 0.2) is 41.8 Å². The second-order valence-corrected chi connectivity index (χ2v) is 8.41. The van der Waals surface area contributed by atoms with E-state index in [1.165, 1.54) is 12.8 Å². The number of nitrogens with one attached hydrogen (secondary N) is 1. The quantitative estimate of drug-likeness (QED) is 0.683. The maximum absolute atomic E-state index is 12.9. The van der Waals surface area contributed by atoms with Crippen LogP contribution in [-0.2, 0) is 6.54 Å². The van der Waals surface area contributed by atoms with E-state index >= 15 is 0 Å². The topological polar surface area (TPSA) is 45.2 Å². The molecule has 1 atom stereocenters. The Morgan fingerprint density at radius 2 is 2.12 bits per heavy atom. The minimum Gasteiger partial charge on any atom is -0.317 e. The number of hydrogen-bond donors (Lipinski definition) is 1. The Bertz CT molecular complexity index is 810. The zero-order chi connectivity index (χ0) is 16.5. The van der Waals surface area contributed by atoms with Crippen LogP contribution in [0.25, 0.3) is 9.53 Å². The van der Waals surface area contributed by atoms with Gasteiger partial charge in [-0.2, -0.15) is 0 Å². The lowest BCUT2D eigenvalue weighted by Crippen LogP contribution is -2.42. The number of hydrogen-bond acceptors (Lipinski definition) is 4. The molecule has 0 unspecified atom stereocenters. The second kappa shape index (κ2) is 6.53. The molecule has 2 heterocycles. The molecule has 1 fully saturated rings. The first kappa shape index (κ1) is 15.6. The first-order chi connectivity index (χ1) is 11.7. The van der Waals surface area contributed by atoms with Crippen molar-refractivity contribution < 1.29 is 4.79 Å². The van der Waals surface area contributed by atoms with Crippen LogP contribution in [0.5, 0.6) is 0 Å². The Hall–Kier alpha value is -1.92. The Labute approximate surface area is 149 Å². The molecule has 0 aliphatic heterocycles. The van der Waals surface area contributed by atoms with E-state index in [1.54, 1.807) is 22.7 Å². The Morgan fingerprint density at radius 3 is 2.83 bits per heavy atom. The van der Waals surface area contributed by atoms with Gasteiger partial charge in [-0.05, 0) is 42.7 Å². The van der Waals surface area contributed by atoms with Gasteiger partial charge in [-0.1, -0.05) is 41.7 Å². The summed E-state index contributed by atoms with van der Waals surface area (Å²) in [4.78, 5) is 19.3. The highest BCUT2D eigenvalue weighted by Crippen LogP contribution is 2.36. The molecule has 124 valence electrons. The lowest BCUT2D eigenvalue weighted by Gasteiger charge is -2.29. The molecule has 24 heavy (non-hydrogen) atoms. The summed E-state index contributed by atoms with van der Waals surface area (Å²) in [6, 6.07) is 12.3. The Kier molecular flexibility index (Phi) is 4.24. The number of carbonyl (C=O) groups is 1. The van der Waals surface area contributed by atoms with Gasteiger partial charge >= 0.3 is 6.03 Å². The van der Waals surface area contributed by atoms with Crippen LogP contribution >= 0.6 is 22.7 Å². The van der Waals surface area contributed by atoms with Gasteiger partial charge in [-0.15, -0.1) is 11.3 Å². The lowest BCUT2D eigenvalue weighted by molar-refractivity contribution is 0.181. The normalized spacial score (nSPS) is 15.4. The van der Waals surface area contributed by atoms with Gasteiger partial charge in [0, 0.05) is 12.6 Å². The van der Waals surface area contributed by atoms with Crippen LogP contribution in [-0.4, -0.2) is 22.0 Å². The predicted octanol–water partition coefficient (Wildman–Crippen LogP) is 5.19. The summed E-state index contributed by atoms with van der Waals surface area (Å²) < 4.78 is 1.15. The number of benzene rings is 1. The number of urea groups is 1. The molecule has 0 saturated heterocycles. The summed E-state index contributed by atoms with van der Waals surface area (Å²) in [6.45, 7) is 2.78. The van der Waals surface area contributed by atoms with Crippen molar-refractivity contribution in [3.63, 3.8) is 0 Å². The summed E-state index contributed by atoms with van der Waals surface area (Å²) in [7, 11) is 0. The van der Waals surface area contributed by atoms with Gasteiger partial charge in [0.05, 0.1) is 5.52 Å².